The molecule has 0 aliphatic carbocycles. The van der Waals surface area contributed by atoms with E-state index in [0.29, 0.717) is 36.1 Å². The molecule has 0 unspecified atom stereocenters. The van der Waals surface area contributed by atoms with E-state index >= 15 is 0 Å². The smallest absolute Gasteiger partial charge is 0.412 e. The number of rotatable bonds is 9. The number of carbonyl (C=O) groups excluding carboxylic acids is 3. The zero-order valence-electron chi connectivity index (χ0n) is 21.2. The van der Waals surface area contributed by atoms with Crippen LogP contribution in [0, 0.1) is 0 Å². The quantitative estimate of drug-likeness (QED) is 0.272. The van der Waals surface area contributed by atoms with Crippen molar-refractivity contribution in [2.24, 2.45) is 0 Å². The summed E-state index contributed by atoms with van der Waals surface area (Å²) < 4.78 is 25.0. The van der Waals surface area contributed by atoms with Gasteiger partial charge in [0, 0.05) is 11.4 Å². The van der Waals surface area contributed by atoms with Crippen molar-refractivity contribution in [2.75, 3.05) is 37.5 Å². The Morgan fingerprint density at radius 3 is 1.58 bits per heavy atom. The van der Waals surface area contributed by atoms with Gasteiger partial charge in [-0.25, -0.2) is 14.4 Å². The average molecular weight is 527 g/mol. The summed E-state index contributed by atoms with van der Waals surface area (Å²) in [5, 5.41) is 2.60. The largest absolute Gasteiger partial charge is 0.482 e. The van der Waals surface area contributed by atoms with Gasteiger partial charge in [0.1, 0.15) is 17.1 Å². The first-order chi connectivity index (χ1) is 16.5. The Kier molecular flexibility index (Phi) is 15.2. The summed E-state index contributed by atoms with van der Waals surface area (Å²) in [6.45, 7) is 9.32. The number of nitrogens with two attached hydrogens (primary N) is 1. The Morgan fingerprint density at radius 1 is 0.778 bits per heavy atom. The summed E-state index contributed by atoms with van der Waals surface area (Å²) in [4.78, 5) is 33.6. The molecule has 3 N–H and O–H groups in total. The van der Waals surface area contributed by atoms with E-state index in [-0.39, 0.29) is 31.6 Å². The number of anilines is 2. The van der Waals surface area contributed by atoms with Gasteiger partial charge in [0.25, 0.3) is 0 Å². The van der Waals surface area contributed by atoms with Crippen molar-refractivity contribution in [3.63, 3.8) is 0 Å². The number of esters is 2. The van der Waals surface area contributed by atoms with Gasteiger partial charge in [-0.05, 0) is 83.1 Å². The lowest BCUT2D eigenvalue weighted by Crippen LogP contribution is -2.27. The molecule has 200 valence electrons. The third-order valence-electron chi connectivity index (χ3n) is 3.70. The van der Waals surface area contributed by atoms with E-state index in [0.717, 1.165) is 0 Å². The van der Waals surface area contributed by atoms with Crippen molar-refractivity contribution in [2.45, 2.75) is 40.2 Å². The van der Waals surface area contributed by atoms with Crippen LogP contribution in [0.4, 0.5) is 16.2 Å². The predicted molar refractivity (Wildman–Crippen MR) is 139 cm³/mol. The van der Waals surface area contributed by atoms with Gasteiger partial charge < -0.3 is 29.4 Å². The van der Waals surface area contributed by atoms with E-state index in [1.165, 1.54) is 0 Å². The third kappa shape index (κ3) is 15.3. The summed E-state index contributed by atoms with van der Waals surface area (Å²) in [7, 11) is 0. The lowest BCUT2D eigenvalue weighted by molar-refractivity contribution is -0.146. The fourth-order valence-corrected chi connectivity index (χ4v) is 2.31. The Balaban J connectivity index is 0.000000713. The monoisotopic (exact) mass is 526 g/mol. The zero-order valence-corrected chi connectivity index (χ0v) is 22.0. The van der Waals surface area contributed by atoms with Crippen LogP contribution < -0.4 is 20.5 Å². The number of amides is 1. The topological polar surface area (TPSA) is 135 Å². The van der Waals surface area contributed by atoms with Crippen LogP contribution in [0.25, 0.3) is 0 Å². The Bertz CT molecular complexity index is 929. The van der Waals surface area contributed by atoms with Crippen LogP contribution in [-0.2, 0) is 23.8 Å². The Hall–Kier alpha value is -3.66. The van der Waals surface area contributed by atoms with Crippen LogP contribution in [-0.4, -0.2) is 50.1 Å². The highest BCUT2D eigenvalue weighted by molar-refractivity contribution is 5.85. The lowest BCUT2D eigenvalue weighted by Gasteiger charge is -2.19. The first-order valence-electron chi connectivity index (χ1n) is 11.0. The number of ether oxygens (including phenoxy) is 5. The van der Waals surface area contributed by atoms with Gasteiger partial charge in [0.05, 0.1) is 13.2 Å². The fraction of sp³-hybridized carbons (Fsp3) is 0.400. The normalized spacial score (nSPS) is 9.92. The molecule has 0 fully saturated rings. The van der Waals surface area contributed by atoms with Crippen LogP contribution in [0.3, 0.4) is 0 Å². The summed E-state index contributed by atoms with van der Waals surface area (Å²) in [6.07, 6.45) is -0.525. The van der Waals surface area contributed by atoms with Gasteiger partial charge in [-0.1, -0.05) is 0 Å². The number of nitrogens with one attached hydrogen (secondary N) is 1. The molecule has 2 aromatic carbocycles. The van der Waals surface area contributed by atoms with Crippen molar-refractivity contribution in [3.8, 4) is 11.5 Å². The summed E-state index contributed by atoms with van der Waals surface area (Å²) in [5.74, 6) is 0.322. The number of hydrogen-bond donors (Lipinski definition) is 2. The van der Waals surface area contributed by atoms with Gasteiger partial charge in [-0.2, -0.15) is 0 Å². The standard InChI is InChI=1S/C15H21NO5.C10H13NO3.ClH/c1-5-19-13(17)10-20-12-8-6-11(7-9-12)16-14(18)21-15(2,3)4;1-2-13-10(12)7-14-9-5-3-8(11)4-6-9;/h6-9H,5,10H2,1-4H3,(H,16,18);3-6H,2,7,11H2,1H3;1H. The number of carbonyl (C=O) groups is 3. The van der Waals surface area contributed by atoms with Gasteiger partial charge in [0.2, 0.25) is 0 Å². The van der Waals surface area contributed by atoms with Crippen molar-refractivity contribution >= 4 is 41.8 Å². The van der Waals surface area contributed by atoms with Crippen LogP contribution >= 0.6 is 12.4 Å². The lowest BCUT2D eigenvalue weighted by atomic mass is 10.2. The molecule has 0 radical (unpaired) electrons. The van der Waals surface area contributed by atoms with E-state index in [1.54, 1.807) is 83.1 Å². The SMILES string of the molecule is CCOC(=O)COc1ccc(N)cc1.CCOC(=O)COc1ccc(NC(=O)OC(C)(C)C)cc1.Cl. The first kappa shape index (κ1) is 32.3. The molecule has 1 amide bonds. The molecule has 10 nitrogen and oxygen atoms in total. The van der Waals surface area contributed by atoms with Crippen molar-refractivity contribution < 1.29 is 38.1 Å². The van der Waals surface area contributed by atoms with E-state index < -0.39 is 17.7 Å². The second kappa shape index (κ2) is 16.9. The van der Waals surface area contributed by atoms with Crippen molar-refractivity contribution in [1.29, 1.82) is 0 Å². The second-order valence-corrected chi connectivity index (χ2v) is 7.91. The van der Waals surface area contributed by atoms with Gasteiger partial charge >= 0.3 is 18.0 Å². The molecule has 0 atom stereocenters. The fourth-order valence-electron chi connectivity index (χ4n) is 2.31. The maximum absolute atomic E-state index is 11.6. The minimum absolute atomic E-state index is 0. The average Bonchev–Trinajstić information content (AvgIpc) is 2.78. The highest BCUT2D eigenvalue weighted by atomic mass is 35.5. The molecule has 11 heteroatoms. The summed E-state index contributed by atoms with van der Waals surface area (Å²) in [6, 6.07) is 13.4. The molecule has 2 rings (SSSR count). The molecule has 0 aromatic heterocycles. The van der Waals surface area contributed by atoms with Crippen molar-refractivity contribution in [1.82, 2.24) is 0 Å². The Labute approximate surface area is 217 Å². The van der Waals surface area contributed by atoms with E-state index in [1.807, 2.05) is 0 Å². The molecule has 0 aliphatic heterocycles. The molecular formula is C25H35ClN2O8. The molecule has 0 saturated heterocycles. The molecule has 0 bridgehead atoms. The molecule has 0 saturated carbocycles. The highest BCUT2D eigenvalue weighted by Crippen LogP contribution is 2.17. The minimum Gasteiger partial charge on any atom is -0.482 e. The second-order valence-electron chi connectivity index (χ2n) is 7.91. The van der Waals surface area contributed by atoms with Crippen LogP contribution in [0.2, 0.25) is 0 Å². The Morgan fingerprint density at radius 2 is 1.19 bits per heavy atom. The molecule has 0 aliphatic rings. The molecule has 2 aromatic rings. The molecule has 36 heavy (non-hydrogen) atoms. The number of nitrogen functional groups attached to an aromatic ring is 1. The van der Waals surface area contributed by atoms with Crippen LogP contribution in [0.1, 0.15) is 34.6 Å². The van der Waals surface area contributed by atoms with E-state index in [2.05, 4.69) is 5.32 Å². The van der Waals surface area contributed by atoms with Gasteiger partial charge in [-0.15, -0.1) is 12.4 Å². The van der Waals surface area contributed by atoms with Crippen LogP contribution in [0.15, 0.2) is 48.5 Å². The van der Waals surface area contributed by atoms with Gasteiger partial charge in [0.15, 0.2) is 13.2 Å². The summed E-state index contributed by atoms with van der Waals surface area (Å²) in [5.41, 5.74) is 6.17. The molecule has 0 spiro atoms. The predicted octanol–water partition coefficient (Wildman–Crippen LogP) is 4.61. The summed E-state index contributed by atoms with van der Waals surface area (Å²) >= 11 is 0. The zero-order chi connectivity index (χ0) is 26.3. The maximum Gasteiger partial charge on any atom is 0.412 e. The first-order valence-corrected chi connectivity index (χ1v) is 11.0. The number of hydrogen-bond acceptors (Lipinski definition) is 9. The van der Waals surface area contributed by atoms with Crippen molar-refractivity contribution in [3.05, 3.63) is 48.5 Å². The van der Waals surface area contributed by atoms with E-state index in [4.69, 9.17) is 29.4 Å². The van der Waals surface area contributed by atoms with E-state index in [9.17, 15) is 14.4 Å². The number of benzene rings is 2. The highest BCUT2D eigenvalue weighted by Gasteiger charge is 2.16. The minimum atomic E-state index is -0.549. The maximum atomic E-state index is 11.6. The molecular weight excluding hydrogens is 492 g/mol. The third-order valence-corrected chi connectivity index (χ3v) is 3.70. The van der Waals surface area contributed by atoms with Crippen LogP contribution in [0.5, 0.6) is 11.5 Å². The van der Waals surface area contributed by atoms with Gasteiger partial charge in [-0.3, -0.25) is 5.32 Å². The molecule has 0 heterocycles. The number of halogens is 1.